The molecule has 1 aromatic rings. The van der Waals surface area contributed by atoms with E-state index in [1.54, 1.807) is 17.4 Å². The van der Waals surface area contributed by atoms with Crippen molar-refractivity contribution in [1.82, 2.24) is 15.6 Å². The van der Waals surface area contributed by atoms with E-state index in [-0.39, 0.29) is 6.03 Å². The molecule has 0 unspecified atom stereocenters. The summed E-state index contributed by atoms with van der Waals surface area (Å²) < 4.78 is 0. The van der Waals surface area contributed by atoms with Gasteiger partial charge in [-0.25, -0.2) is 9.78 Å². The first kappa shape index (κ1) is 13.7. The number of carbonyl (C=O) groups is 1. The van der Waals surface area contributed by atoms with E-state index in [4.69, 9.17) is 0 Å². The Hall–Kier alpha value is -1.36. The standard InChI is InChI=1S/C12H19N3OS/c1-4-7-13-12(16)14-8-6-11-15-10(5-2)9(3)17-11/h4H,1,5-8H2,2-3H3,(H2,13,14,16). The molecule has 4 nitrogen and oxygen atoms in total. The predicted molar refractivity (Wildman–Crippen MR) is 71.5 cm³/mol. The van der Waals surface area contributed by atoms with E-state index in [1.807, 2.05) is 0 Å². The normalized spacial score (nSPS) is 10.0. The topological polar surface area (TPSA) is 54.0 Å². The number of nitrogens with zero attached hydrogens (tertiary/aromatic N) is 1. The van der Waals surface area contributed by atoms with Crippen molar-refractivity contribution in [1.29, 1.82) is 0 Å². The lowest BCUT2D eigenvalue weighted by atomic mass is 10.3. The largest absolute Gasteiger partial charge is 0.338 e. The molecule has 0 aliphatic rings. The van der Waals surface area contributed by atoms with E-state index in [9.17, 15) is 4.79 Å². The average Bonchev–Trinajstić information content (AvgIpc) is 2.67. The van der Waals surface area contributed by atoms with Crippen molar-refractivity contribution in [3.8, 4) is 0 Å². The van der Waals surface area contributed by atoms with Gasteiger partial charge in [0.05, 0.1) is 10.7 Å². The number of rotatable bonds is 6. The molecule has 5 heteroatoms. The lowest BCUT2D eigenvalue weighted by molar-refractivity contribution is 0.242. The van der Waals surface area contributed by atoms with E-state index in [2.05, 4.69) is 36.0 Å². The quantitative estimate of drug-likeness (QED) is 0.762. The molecule has 0 radical (unpaired) electrons. The number of nitrogens with one attached hydrogen (secondary N) is 2. The number of urea groups is 1. The molecule has 2 N–H and O–H groups in total. The van der Waals surface area contributed by atoms with E-state index in [0.717, 1.165) is 17.8 Å². The minimum absolute atomic E-state index is 0.158. The van der Waals surface area contributed by atoms with Gasteiger partial charge in [-0.3, -0.25) is 0 Å². The summed E-state index contributed by atoms with van der Waals surface area (Å²) in [6, 6.07) is -0.158. The first-order valence-corrected chi connectivity index (χ1v) is 6.56. The van der Waals surface area contributed by atoms with E-state index in [0.29, 0.717) is 13.1 Å². The summed E-state index contributed by atoms with van der Waals surface area (Å²) in [7, 11) is 0. The maximum Gasteiger partial charge on any atom is 0.315 e. The van der Waals surface area contributed by atoms with Gasteiger partial charge < -0.3 is 10.6 Å². The van der Waals surface area contributed by atoms with Crippen LogP contribution in [0.15, 0.2) is 12.7 Å². The zero-order valence-corrected chi connectivity index (χ0v) is 11.2. The zero-order valence-electron chi connectivity index (χ0n) is 10.4. The smallest absolute Gasteiger partial charge is 0.315 e. The van der Waals surface area contributed by atoms with Gasteiger partial charge in [-0.15, -0.1) is 17.9 Å². The molecule has 0 fully saturated rings. The van der Waals surface area contributed by atoms with Crippen molar-refractivity contribution in [2.45, 2.75) is 26.7 Å². The Morgan fingerprint density at radius 3 is 2.88 bits per heavy atom. The second kappa shape index (κ2) is 7.06. The Morgan fingerprint density at radius 1 is 1.53 bits per heavy atom. The zero-order chi connectivity index (χ0) is 12.7. The number of hydrogen-bond donors (Lipinski definition) is 2. The van der Waals surface area contributed by atoms with Crippen LogP contribution in [0.1, 0.15) is 22.5 Å². The van der Waals surface area contributed by atoms with Crippen LogP contribution in [0.4, 0.5) is 4.79 Å². The lowest BCUT2D eigenvalue weighted by Crippen LogP contribution is -2.36. The number of aryl methyl sites for hydroxylation is 2. The Morgan fingerprint density at radius 2 is 2.29 bits per heavy atom. The number of thiazole rings is 1. The Bertz CT molecular complexity index is 387. The SMILES string of the molecule is C=CCNC(=O)NCCc1nc(CC)c(C)s1. The fourth-order valence-electron chi connectivity index (χ4n) is 1.43. The molecule has 0 atom stereocenters. The summed E-state index contributed by atoms with van der Waals surface area (Å²) >= 11 is 1.71. The summed E-state index contributed by atoms with van der Waals surface area (Å²) in [5, 5.41) is 6.53. The summed E-state index contributed by atoms with van der Waals surface area (Å²) in [6.45, 7) is 8.82. The molecule has 2 amide bonds. The number of carbonyl (C=O) groups excluding carboxylic acids is 1. The van der Waals surface area contributed by atoms with E-state index in [1.165, 1.54) is 10.6 Å². The fourth-order valence-corrected chi connectivity index (χ4v) is 2.45. The minimum atomic E-state index is -0.158. The van der Waals surface area contributed by atoms with Crippen LogP contribution in [-0.4, -0.2) is 24.1 Å². The van der Waals surface area contributed by atoms with Crippen LogP contribution < -0.4 is 10.6 Å². The van der Waals surface area contributed by atoms with Crippen LogP contribution in [0.2, 0.25) is 0 Å². The van der Waals surface area contributed by atoms with Crippen LogP contribution in [-0.2, 0) is 12.8 Å². The number of hydrogen-bond acceptors (Lipinski definition) is 3. The monoisotopic (exact) mass is 253 g/mol. The van der Waals surface area contributed by atoms with Crippen LogP contribution in [0.25, 0.3) is 0 Å². The Balaban J connectivity index is 2.30. The van der Waals surface area contributed by atoms with Crippen molar-refractivity contribution in [2.75, 3.05) is 13.1 Å². The molecule has 0 aromatic carbocycles. The van der Waals surface area contributed by atoms with Gasteiger partial charge in [0.1, 0.15) is 0 Å². The molecule has 0 aliphatic heterocycles. The van der Waals surface area contributed by atoms with Crippen LogP contribution in [0, 0.1) is 6.92 Å². The molecule has 0 saturated heterocycles. The molecule has 1 aromatic heterocycles. The van der Waals surface area contributed by atoms with Crippen molar-refractivity contribution in [2.24, 2.45) is 0 Å². The van der Waals surface area contributed by atoms with Gasteiger partial charge >= 0.3 is 6.03 Å². The molecule has 1 heterocycles. The first-order valence-electron chi connectivity index (χ1n) is 5.75. The van der Waals surface area contributed by atoms with Crippen LogP contribution in [0.3, 0.4) is 0 Å². The minimum Gasteiger partial charge on any atom is -0.338 e. The molecule has 0 saturated carbocycles. The number of amides is 2. The second-order valence-corrected chi connectivity index (χ2v) is 4.93. The third-order valence-corrected chi connectivity index (χ3v) is 3.38. The third kappa shape index (κ3) is 4.56. The van der Waals surface area contributed by atoms with Gasteiger partial charge in [-0.05, 0) is 13.3 Å². The highest BCUT2D eigenvalue weighted by atomic mass is 32.1. The molecule has 1 rings (SSSR count). The van der Waals surface area contributed by atoms with Crippen molar-refractivity contribution in [3.05, 3.63) is 28.2 Å². The molecule has 94 valence electrons. The highest BCUT2D eigenvalue weighted by molar-refractivity contribution is 7.11. The summed E-state index contributed by atoms with van der Waals surface area (Å²) in [4.78, 5) is 17.0. The average molecular weight is 253 g/mol. The first-order chi connectivity index (χ1) is 8.17. The van der Waals surface area contributed by atoms with Gasteiger partial charge in [-0.1, -0.05) is 13.0 Å². The molecular weight excluding hydrogens is 234 g/mol. The Kier molecular flexibility index (Phi) is 5.69. The van der Waals surface area contributed by atoms with Gasteiger partial charge in [0.2, 0.25) is 0 Å². The summed E-state index contributed by atoms with van der Waals surface area (Å²) in [6.07, 6.45) is 3.40. The highest BCUT2D eigenvalue weighted by Gasteiger charge is 2.06. The molecular formula is C12H19N3OS. The van der Waals surface area contributed by atoms with E-state index < -0.39 is 0 Å². The van der Waals surface area contributed by atoms with E-state index >= 15 is 0 Å². The van der Waals surface area contributed by atoms with Gasteiger partial charge in [0, 0.05) is 24.4 Å². The molecule has 17 heavy (non-hydrogen) atoms. The van der Waals surface area contributed by atoms with Gasteiger partial charge in [0.25, 0.3) is 0 Å². The van der Waals surface area contributed by atoms with Crippen molar-refractivity contribution < 1.29 is 4.79 Å². The highest BCUT2D eigenvalue weighted by Crippen LogP contribution is 2.17. The van der Waals surface area contributed by atoms with Crippen molar-refractivity contribution in [3.63, 3.8) is 0 Å². The maximum absolute atomic E-state index is 11.2. The lowest BCUT2D eigenvalue weighted by Gasteiger charge is -2.03. The van der Waals surface area contributed by atoms with Crippen LogP contribution in [0.5, 0.6) is 0 Å². The number of aromatic nitrogens is 1. The van der Waals surface area contributed by atoms with Gasteiger partial charge in [0.15, 0.2) is 0 Å². The molecule has 0 aliphatic carbocycles. The molecule has 0 spiro atoms. The summed E-state index contributed by atoms with van der Waals surface area (Å²) in [5.41, 5.74) is 1.17. The van der Waals surface area contributed by atoms with Crippen molar-refractivity contribution >= 4 is 17.4 Å². The maximum atomic E-state index is 11.2. The Labute approximate surface area is 106 Å². The second-order valence-electron chi connectivity index (χ2n) is 3.64. The predicted octanol–water partition coefficient (Wildman–Crippen LogP) is 2.04. The van der Waals surface area contributed by atoms with Gasteiger partial charge in [-0.2, -0.15) is 0 Å². The summed E-state index contributed by atoms with van der Waals surface area (Å²) in [5.74, 6) is 0. The fraction of sp³-hybridized carbons (Fsp3) is 0.500. The molecule has 0 bridgehead atoms. The van der Waals surface area contributed by atoms with Crippen LogP contribution >= 0.6 is 11.3 Å². The third-order valence-electron chi connectivity index (χ3n) is 2.30.